The zero-order valence-corrected chi connectivity index (χ0v) is 12.8. The van der Waals surface area contributed by atoms with Gasteiger partial charge in [-0.25, -0.2) is 0 Å². The fraction of sp³-hybridized carbons (Fsp3) is 0.786. The summed E-state index contributed by atoms with van der Waals surface area (Å²) in [6.07, 6.45) is -2.49. The highest BCUT2D eigenvalue weighted by atomic mass is 35.5. The molecule has 1 N–H and O–H groups in total. The van der Waals surface area contributed by atoms with Crippen LogP contribution in [-0.2, 0) is 0 Å². The second kappa shape index (κ2) is 6.16. The summed E-state index contributed by atoms with van der Waals surface area (Å²) in [5.74, 6) is -2.33. The van der Waals surface area contributed by atoms with Gasteiger partial charge in [-0.1, -0.05) is 24.4 Å². The number of hydrogen-bond donors (Lipinski definition) is 1. The molecule has 120 valence electrons. The summed E-state index contributed by atoms with van der Waals surface area (Å²) in [4.78, 5) is 0. The van der Waals surface area contributed by atoms with Crippen LogP contribution in [0.15, 0.2) is 6.20 Å². The van der Waals surface area contributed by atoms with E-state index >= 15 is 0 Å². The van der Waals surface area contributed by atoms with Crippen molar-refractivity contribution >= 4 is 11.6 Å². The Kier molecular flexibility index (Phi) is 4.88. The van der Waals surface area contributed by atoms with Crippen molar-refractivity contribution in [3.05, 3.63) is 16.9 Å². The standard InChI is InChI=1S/C14H20ClF3N2O/c1-8(2)20-12(11(15)7-19-20)13(21)9-5-3-4-6-10(9)14(16,17)18/h7-10,13,21H,3-6H2,1-2H3. The van der Waals surface area contributed by atoms with Crippen LogP contribution in [0.5, 0.6) is 0 Å². The maximum atomic E-state index is 13.2. The SMILES string of the molecule is CC(C)n1ncc(Cl)c1C(O)C1CCCCC1C(F)(F)F. The van der Waals surface area contributed by atoms with Gasteiger partial charge < -0.3 is 5.11 Å². The first-order chi connectivity index (χ1) is 9.73. The van der Waals surface area contributed by atoms with Crippen LogP contribution in [0, 0.1) is 11.8 Å². The number of rotatable bonds is 3. The predicted octanol–water partition coefficient (Wildman–Crippen LogP) is 4.52. The lowest BCUT2D eigenvalue weighted by atomic mass is 9.75. The third-order valence-corrected chi connectivity index (χ3v) is 4.49. The van der Waals surface area contributed by atoms with Gasteiger partial charge in [0.05, 0.1) is 22.8 Å². The molecule has 0 amide bonds. The molecule has 7 heteroatoms. The van der Waals surface area contributed by atoms with Crippen molar-refractivity contribution in [1.29, 1.82) is 0 Å². The van der Waals surface area contributed by atoms with Crippen molar-refractivity contribution in [2.45, 2.75) is 57.9 Å². The maximum absolute atomic E-state index is 13.2. The Hall–Kier alpha value is -0.750. The molecule has 2 rings (SSSR count). The van der Waals surface area contributed by atoms with E-state index in [1.807, 2.05) is 13.8 Å². The van der Waals surface area contributed by atoms with Gasteiger partial charge in [0.15, 0.2) is 0 Å². The molecule has 0 spiro atoms. The number of nitrogens with zero attached hydrogens (tertiary/aromatic N) is 2. The van der Waals surface area contributed by atoms with Crippen LogP contribution in [0.3, 0.4) is 0 Å². The second-order valence-corrected chi connectivity index (χ2v) is 6.36. The number of alkyl halides is 3. The molecule has 3 unspecified atom stereocenters. The largest absolute Gasteiger partial charge is 0.392 e. The minimum Gasteiger partial charge on any atom is -0.386 e. The van der Waals surface area contributed by atoms with E-state index in [0.717, 1.165) is 0 Å². The molecular formula is C14H20ClF3N2O. The van der Waals surface area contributed by atoms with Crippen LogP contribution < -0.4 is 0 Å². The first-order valence-electron chi connectivity index (χ1n) is 7.21. The minimum absolute atomic E-state index is 0.0681. The van der Waals surface area contributed by atoms with Crippen molar-refractivity contribution in [1.82, 2.24) is 9.78 Å². The van der Waals surface area contributed by atoms with Gasteiger partial charge in [0.1, 0.15) is 6.10 Å². The van der Waals surface area contributed by atoms with Gasteiger partial charge in [0.2, 0.25) is 0 Å². The highest BCUT2D eigenvalue weighted by molar-refractivity contribution is 6.31. The monoisotopic (exact) mass is 324 g/mol. The Morgan fingerprint density at radius 1 is 1.33 bits per heavy atom. The summed E-state index contributed by atoms with van der Waals surface area (Å²) in [6, 6.07) is -0.0740. The molecule has 0 bridgehead atoms. The Morgan fingerprint density at radius 2 is 1.95 bits per heavy atom. The van der Waals surface area contributed by atoms with Crippen molar-refractivity contribution in [2.24, 2.45) is 11.8 Å². The minimum atomic E-state index is -4.29. The van der Waals surface area contributed by atoms with Gasteiger partial charge >= 0.3 is 6.18 Å². The van der Waals surface area contributed by atoms with Gasteiger partial charge in [0.25, 0.3) is 0 Å². The molecule has 21 heavy (non-hydrogen) atoms. The first kappa shape index (κ1) is 16.6. The highest BCUT2D eigenvalue weighted by Crippen LogP contribution is 2.47. The van der Waals surface area contributed by atoms with Crippen molar-refractivity contribution in [3.8, 4) is 0 Å². The third kappa shape index (κ3) is 3.37. The summed E-state index contributed by atoms with van der Waals surface area (Å²) in [5.41, 5.74) is 0.299. The molecule has 1 saturated carbocycles. The molecule has 0 saturated heterocycles. The zero-order chi connectivity index (χ0) is 15.8. The third-order valence-electron chi connectivity index (χ3n) is 4.20. The molecule has 1 aromatic rings. The second-order valence-electron chi connectivity index (χ2n) is 5.96. The van der Waals surface area contributed by atoms with Crippen LogP contribution in [-0.4, -0.2) is 21.1 Å². The Balaban J connectivity index is 2.33. The Bertz CT molecular complexity index is 487. The molecule has 1 aromatic heterocycles. The number of halogens is 4. The Morgan fingerprint density at radius 3 is 2.52 bits per heavy atom. The molecular weight excluding hydrogens is 305 g/mol. The van der Waals surface area contributed by atoms with E-state index in [-0.39, 0.29) is 17.5 Å². The van der Waals surface area contributed by atoms with Crippen molar-refractivity contribution < 1.29 is 18.3 Å². The van der Waals surface area contributed by atoms with Crippen LogP contribution >= 0.6 is 11.6 Å². The molecule has 0 radical (unpaired) electrons. The van der Waals surface area contributed by atoms with E-state index in [2.05, 4.69) is 5.10 Å². The van der Waals surface area contributed by atoms with E-state index in [0.29, 0.717) is 25.0 Å². The molecule has 3 atom stereocenters. The fourth-order valence-electron chi connectivity index (χ4n) is 3.19. The molecule has 1 aliphatic rings. The molecule has 3 nitrogen and oxygen atoms in total. The first-order valence-corrected chi connectivity index (χ1v) is 7.59. The van der Waals surface area contributed by atoms with Crippen molar-refractivity contribution in [2.75, 3.05) is 0 Å². The van der Waals surface area contributed by atoms with Gasteiger partial charge in [-0.3, -0.25) is 4.68 Å². The lowest BCUT2D eigenvalue weighted by Crippen LogP contribution is -2.37. The maximum Gasteiger partial charge on any atom is 0.392 e. The number of hydrogen-bond acceptors (Lipinski definition) is 2. The average Bonchev–Trinajstić information content (AvgIpc) is 2.79. The number of aliphatic hydroxyl groups is 1. The number of aromatic nitrogens is 2. The smallest absolute Gasteiger partial charge is 0.386 e. The molecule has 0 aromatic carbocycles. The van der Waals surface area contributed by atoms with E-state index in [1.54, 1.807) is 0 Å². The quantitative estimate of drug-likeness (QED) is 0.887. The zero-order valence-electron chi connectivity index (χ0n) is 12.1. The molecule has 1 fully saturated rings. The fourth-order valence-corrected chi connectivity index (χ4v) is 3.43. The predicted molar refractivity (Wildman–Crippen MR) is 74.1 cm³/mol. The normalized spacial score (nSPS) is 25.3. The molecule has 1 aliphatic carbocycles. The van der Waals surface area contributed by atoms with Gasteiger partial charge in [-0.05, 0) is 26.7 Å². The summed E-state index contributed by atoms with van der Waals surface area (Å²) >= 11 is 6.04. The van der Waals surface area contributed by atoms with Gasteiger partial charge in [-0.2, -0.15) is 18.3 Å². The van der Waals surface area contributed by atoms with E-state index < -0.39 is 24.1 Å². The van der Waals surface area contributed by atoms with Crippen LogP contribution in [0.1, 0.15) is 57.4 Å². The highest BCUT2D eigenvalue weighted by Gasteiger charge is 2.48. The molecule has 1 heterocycles. The van der Waals surface area contributed by atoms with E-state index in [1.165, 1.54) is 10.9 Å². The molecule has 0 aliphatic heterocycles. The summed E-state index contributed by atoms with van der Waals surface area (Å²) in [7, 11) is 0. The number of aliphatic hydroxyl groups excluding tert-OH is 1. The van der Waals surface area contributed by atoms with Crippen molar-refractivity contribution in [3.63, 3.8) is 0 Å². The van der Waals surface area contributed by atoms with Crippen LogP contribution in [0.4, 0.5) is 13.2 Å². The van der Waals surface area contributed by atoms with Gasteiger partial charge in [0, 0.05) is 12.0 Å². The average molecular weight is 325 g/mol. The lowest BCUT2D eigenvalue weighted by molar-refractivity contribution is -0.207. The van der Waals surface area contributed by atoms with Crippen LogP contribution in [0.25, 0.3) is 0 Å². The summed E-state index contributed by atoms with van der Waals surface area (Å²) in [5, 5.41) is 14.8. The summed E-state index contributed by atoms with van der Waals surface area (Å²) in [6.45, 7) is 3.70. The van der Waals surface area contributed by atoms with Crippen LogP contribution in [0.2, 0.25) is 5.02 Å². The van der Waals surface area contributed by atoms with E-state index in [4.69, 9.17) is 11.6 Å². The van der Waals surface area contributed by atoms with E-state index in [9.17, 15) is 18.3 Å². The topological polar surface area (TPSA) is 38.0 Å². The Labute approximate surface area is 127 Å². The summed E-state index contributed by atoms with van der Waals surface area (Å²) < 4.78 is 41.1. The lowest BCUT2D eigenvalue weighted by Gasteiger charge is -2.36. The van der Waals surface area contributed by atoms with Gasteiger partial charge in [-0.15, -0.1) is 0 Å².